The SMILES string of the molecule is COC(=O)c1ccc(C)c(NC(=O)c2ccc(N(Cc3ccc(F)cc3)S(C)(=O)=O)cc2)c1. The Hall–Kier alpha value is -3.72. The lowest BCUT2D eigenvalue weighted by Gasteiger charge is -2.23. The van der Waals surface area contributed by atoms with Gasteiger partial charge in [-0.1, -0.05) is 18.2 Å². The van der Waals surface area contributed by atoms with Gasteiger partial charge in [0.15, 0.2) is 0 Å². The largest absolute Gasteiger partial charge is 0.465 e. The number of carbonyl (C=O) groups excluding carboxylic acids is 2. The fourth-order valence-electron chi connectivity index (χ4n) is 3.13. The van der Waals surface area contributed by atoms with Crippen LogP contribution in [0.25, 0.3) is 0 Å². The van der Waals surface area contributed by atoms with Crippen molar-refractivity contribution in [1.29, 1.82) is 0 Å². The Kier molecular flexibility index (Phi) is 7.13. The molecule has 0 aliphatic heterocycles. The molecule has 0 aliphatic rings. The molecular weight excluding hydrogens is 447 g/mol. The molecular formula is C24H23FN2O5S. The van der Waals surface area contributed by atoms with Crippen LogP contribution in [0.5, 0.6) is 0 Å². The fourth-order valence-corrected chi connectivity index (χ4v) is 4.02. The molecule has 9 heteroatoms. The van der Waals surface area contributed by atoms with E-state index in [0.29, 0.717) is 28.1 Å². The number of hydrogen-bond acceptors (Lipinski definition) is 5. The van der Waals surface area contributed by atoms with E-state index in [2.05, 4.69) is 5.32 Å². The number of methoxy groups -OCH3 is 1. The Morgan fingerprint density at radius 3 is 2.15 bits per heavy atom. The third kappa shape index (κ3) is 5.95. The minimum atomic E-state index is -3.63. The van der Waals surface area contributed by atoms with E-state index in [9.17, 15) is 22.4 Å². The maximum absolute atomic E-state index is 13.2. The van der Waals surface area contributed by atoms with Crippen molar-refractivity contribution in [3.8, 4) is 0 Å². The van der Waals surface area contributed by atoms with Crippen molar-refractivity contribution >= 4 is 33.3 Å². The summed E-state index contributed by atoms with van der Waals surface area (Å²) in [5.74, 6) is -1.35. The number of nitrogens with one attached hydrogen (secondary N) is 1. The number of amides is 1. The maximum Gasteiger partial charge on any atom is 0.337 e. The molecule has 0 bridgehead atoms. The van der Waals surface area contributed by atoms with Gasteiger partial charge in [0.25, 0.3) is 5.91 Å². The van der Waals surface area contributed by atoms with E-state index in [0.717, 1.165) is 11.8 Å². The lowest BCUT2D eigenvalue weighted by atomic mass is 10.1. The van der Waals surface area contributed by atoms with Crippen molar-refractivity contribution in [1.82, 2.24) is 0 Å². The van der Waals surface area contributed by atoms with E-state index >= 15 is 0 Å². The van der Waals surface area contributed by atoms with Gasteiger partial charge in [0.1, 0.15) is 5.82 Å². The minimum absolute atomic E-state index is 0.0180. The zero-order chi connectivity index (χ0) is 24.2. The normalized spacial score (nSPS) is 11.0. The Morgan fingerprint density at radius 2 is 1.58 bits per heavy atom. The molecule has 0 radical (unpaired) electrons. The van der Waals surface area contributed by atoms with Crippen molar-refractivity contribution in [3.63, 3.8) is 0 Å². The van der Waals surface area contributed by atoms with Crippen LogP contribution in [0.15, 0.2) is 66.7 Å². The predicted octanol–water partition coefficient (Wildman–Crippen LogP) is 4.14. The predicted molar refractivity (Wildman–Crippen MR) is 124 cm³/mol. The van der Waals surface area contributed by atoms with Crippen LogP contribution in [0.2, 0.25) is 0 Å². The summed E-state index contributed by atoms with van der Waals surface area (Å²) in [4.78, 5) is 24.5. The van der Waals surface area contributed by atoms with Gasteiger partial charge in [-0.25, -0.2) is 17.6 Å². The summed E-state index contributed by atoms with van der Waals surface area (Å²) in [7, 11) is -2.36. The van der Waals surface area contributed by atoms with Crippen LogP contribution in [0.3, 0.4) is 0 Å². The molecule has 3 aromatic carbocycles. The van der Waals surface area contributed by atoms with Gasteiger partial charge >= 0.3 is 5.97 Å². The smallest absolute Gasteiger partial charge is 0.337 e. The van der Waals surface area contributed by atoms with Crippen LogP contribution in [0.1, 0.15) is 31.8 Å². The second kappa shape index (κ2) is 9.83. The molecule has 1 amide bonds. The highest BCUT2D eigenvalue weighted by atomic mass is 32.2. The molecule has 0 fully saturated rings. The van der Waals surface area contributed by atoms with E-state index in [1.165, 1.54) is 66.0 Å². The molecule has 0 saturated carbocycles. The van der Waals surface area contributed by atoms with Crippen LogP contribution in [-0.2, 0) is 21.3 Å². The number of aryl methyl sites for hydroxylation is 1. The highest BCUT2D eigenvalue weighted by Crippen LogP contribution is 2.23. The number of carbonyl (C=O) groups is 2. The number of anilines is 2. The topological polar surface area (TPSA) is 92.8 Å². The third-order valence-corrected chi connectivity index (χ3v) is 6.10. The van der Waals surface area contributed by atoms with Crippen LogP contribution < -0.4 is 9.62 Å². The Bertz CT molecular complexity index is 1270. The average molecular weight is 471 g/mol. The number of hydrogen-bond donors (Lipinski definition) is 1. The quantitative estimate of drug-likeness (QED) is 0.524. The lowest BCUT2D eigenvalue weighted by molar-refractivity contribution is 0.0600. The first-order valence-corrected chi connectivity index (χ1v) is 11.8. The summed E-state index contributed by atoms with van der Waals surface area (Å²) < 4.78 is 43.7. The number of halogens is 1. The molecule has 3 aromatic rings. The molecule has 0 heterocycles. The summed E-state index contributed by atoms with van der Waals surface area (Å²) in [5, 5.41) is 2.76. The van der Waals surface area contributed by atoms with E-state index in [1.54, 1.807) is 19.1 Å². The first-order chi connectivity index (χ1) is 15.6. The molecule has 172 valence electrons. The zero-order valence-corrected chi connectivity index (χ0v) is 19.1. The van der Waals surface area contributed by atoms with Crippen molar-refractivity contribution in [2.24, 2.45) is 0 Å². The molecule has 1 N–H and O–H groups in total. The van der Waals surface area contributed by atoms with Gasteiger partial charge in [0, 0.05) is 11.3 Å². The van der Waals surface area contributed by atoms with E-state index in [4.69, 9.17) is 4.74 Å². The van der Waals surface area contributed by atoms with E-state index in [-0.39, 0.29) is 6.54 Å². The van der Waals surface area contributed by atoms with Gasteiger partial charge in [-0.15, -0.1) is 0 Å². The van der Waals surface area contributed by atoms with Gasteiger partial charge in [0.05, 0.1) is 31.2 Å². The van der Waals surface area contributed by atoms with Gasteiger partial charge in [-0.05, 0) is 66.6 Å². The molecule has 0 atom stereocenters. The highest BCUT2D eigenvalue weighted by Gasteiger charge is 2.19. The summed E-state index contributed by atoms with van der Waals surface area (Å²) in [6.45, 7) is 1.81. The first-order valence-electron chi connectivity index (χ1n) is 9.91. The monoisotopic (exact) mass is 470 g/mol. The number of rotatable bonds is 7. The number of benzene rings is 3. The van der Waals surface area contributed by atoms with Gasteiger partial charge < -0.3 is 10.1 Å². The third-order valence-electron chi connectivity index (χ3n) is 4.96. The van der Waals surface area contributed by atoms with Crippen molar-refractivity contribution in [2.45, 2.75) is 13.5 Å². The second-order valence-corrected chi connectivity index (χ2v) is 9.33. The van der Waals surface area contributed by atoms with Gasteiger partial charge in [-0.3, -0.25) is 9.10 Å². The molecule has 7 nitrogen and oxygen atoms in total. The van der Waals surface area contributed by atoms with Crippen molar-refractivity contribution in [2.75, 3.05) is 23.0 Å². The van der Waals surface area contributed by atoms with Gasteiger partial charge in [-0.2, -0.15) is 0 Å². The first kappa shape index (κ1) is 23.9. The van der Waals surface area contributed by atoms with Crippen LogP contribution in [0.4, 0.5) is 15.8 Å². The Balaban J connectivity index is 1.81. The van der Waals surface area contributed by atoms with E-state index < -0.39 is 27.7 Å². The molecule has 0 aromatic heterocycles. The molecule has 0 spiro atoms. The maximum atomic E-state index is 13.2. The van der Waals surface area contributed by atoms with Crippen LogP contribution in [0, 0.1) is 12.7 Å². The van der Waals surface area contributed by atoms with Gasteiger partial charge in [0.2, 0.25) is 10.0 Å². The average Bonchev–Trinajstić information content (AvgIpc) is 2.79. The Labute approximate surface area is 191 Å². The Morgan fingerprint density at radius 1 is 0.970 bits per heavy atom. The minimum Gasteiger partial charge on any atom is -0.465 e. The number of sulfonamides is 1. The summed E-state index contributed by atoms with van der Waals surface area (Å²) in [6.07, 6.45) is 1.08. The number of ether oxygens (including phenoxy) is 1. The number of nitrogens with zero attached hydrogens (tertiary/aromatic N) is 1. The zero-order valence-electron chi connectivity index (χ0n) is 18.3. The van der Waals surface area contributed by atoms with Crippen LogP contribution in [-0.4, -0.2) is 33.7 Å². The second-order valence-electron chi connectivity index (χ2n) is 7.42. The summed E-state index contributed by atoms with van der Waals surface area (Å²) in [6, 6.07) is 16.5. The molecule has 0 aliphatic carbocycles. The molecule has 3 rings (SSSR count). The lowest BCUT2D eigenvalue weighted by Crippen LogP contribution is -2.29. The summed E-state index contributed by atoms with van der Waals surface area (Å²) in [5.41, 5.74) is 2.80. The van der Waals surface area contributed by atoms with Crippen molar-refractivity contribution < 1.29 is 27.1 Å². The highest BCUT2D eigenvalue weighted by molar-refractivity contribution is 7.92. The summed E-state index contributed by atoms with van der Waals surface area (Å²) >= 11 is 0. The standard InChI is InChI=1S/C24H23FN2O5S/c1-16-4-7-19(24(29)32-2)14-22(16)26-23(28)18-8-12-21(13-9-18)27(33(3,30)31)15-17-5-10-20(25)11-6-17/h4-14H,15H2,1-3H3,(H,26,28). The van der Waals surface area contributed by atoms with Crippen LogP contribution >= 0.6 is 0 Å². The molecule has 33 heavy (non-hydrogen) atoms. The fraction of sp³-hybridized carbons (Fsp3) is 0.167. The molecule has 0 saturated heterocycles. The van der Waals surface area contributed by atoms with E-state index in [1.807, 2.05) is 0 Å². The molecule has 0 unspecified atom stereocenters. The number of esters is 1. The van der Waals surface area contributed by atoms with Crippen molar-refractivity contribution in [3.05, 3.63) is 94.8 Å².